The van der Waals surface area contributed by atoms with E-state index in [1.165, 1.54) is 15.8 Å². The molecule has 0 aliphatic heterocycles. The van der Waals surface area contributed by atoms with Gasteiger partial charge in [-0.1, -0.05) is 0 Å². The standard InChI is InChI=1S/C18H18N4O2S2/c1-11-6-7-25-14(11)8-20-21-15(23)9-22-10-19-17-16(18(22)24)12-4-2-3-5-13(12)26-17/h6-8,10H,2-5,9H2,1H3,(H,21,23)/b20-8-. The molecule has 1 aliphatic rings. The van der Waals surface area contributed by atoms with Gasteiger partial charge < -0.3 is 0 Å². The van der Waals surface area contributed by atoms with Crippen LogP contribution in [-0.2, 0) is 24.2 Å². The summed E-state index contributed by atoms with van der Waals surface area (Å²) < 4.78 is 1.37. The van der Waals surface area contributed by atoms with Crippen molar-refractivity contribution in [3.63, 3.8) is 0 Å². The van der Waals surface area contributed by atoms with E-state index in [9.17, 15) is 9.59 Å². The molecular formula is C18H18N4O2S2. The van der Waals surface area contributed by atoms with Gasteiger partial charge in [-0.05, 0) is 55.2 Å². The molecule has 134 valence electrons. The van der Waals surface area contributed by atoms with E-state index in [1.807, 2.05) is 18.4 Å². The molecular weight excluding hydrogens is 368 g/mol. The van der Waals surface area contributed by atoms with Crippen LogP contribution in [0, 0.1) is 6.92 Å². The molecule has 0 saturated carbocycles. The Labute approximate surface area is 158 Å². The summed E-state index contributed by atoms with van der Waals surface area (Å²) in [6.07, 6.45) is 7.29. The van der Waals surface area contributed by atoms with Gasteiger partial charge in [0.2, 0.25) is 0 Å². The van der Waals surface area contributed by atoms with Crippen molar-refractivity contribution in [2.45, 2.75) is 39.2 Å². The first kappa shape index (κ1) is 17.1. The van der Waals surface area contributed by atoms with Crippen LogP contribution in [0.4, 0.5) is 0 Å². The van der Waals surface area contributed by atoms with Gasteiger partial charge in [-0.15, -0.1) is 22.7 Å². The van der Waals surface area contributed by atoms with Crippen LogP contribution in [0.2, 0.25) is 0 Å². The van der Waals surface area contributed by atoms with E-state index in [2.05, 4.69) is 15.5 Å². The smallest absolute Gasteiger partial charge is 0.262 e. The number of rotatable bonds is 4. The van der Waals surface area contributed by atoms with Crippen LogP contribution in [0.15, 0.2) is 27.7 Å². The molecule has 8 heteroatoms. The summed E-state index contributed by atoms with van der Waals surface area (Å²) in [7, 11) is 0. The van der Waals surface area contributed by atoms with Gasteiger partial charge in [-0.3, -0.25) is 14.2 Å². The molecule has 0 atom stereocenters. The number of nitrogens with one attached hydrogen (secondary N) is 1. The summed E-state index contributed by atoms with van der Waals surface area (Å²) >= 11 is 3.17. The van der Waals surface area contributed by atoms with Crippen LogP contribution >= 0.6 is 22.7 Å². The Morgan fingerprint density at radius 2 is 2.27 bits per heavy atom. The molecule has 3 aromatic heterocycles. The molecule has 0 unspecified atom stereocenters. The zero-order valence-electron chi connectivity index (χ0n) is 14.3. The Bertz CT molecular complexity index is 1060. The highest BCUT2D eigenvalue weighted by molar-refractivity contribution is 7.18. The first-order valence-corrected chi connectivity index (χ1v) is 10.2. The lowest BCUT2D eigenvalue weighted by Gasteiger charge is -2.10. The third-order valence-corrected chi connectivity index (χ3v) is 6.68. The zero-order valence-corrected chi connectivity index (χ0v) is 16.0. The summed E-state index contributed by atoms with van der Waals surface area (Å²) in [6.45, 7) is 1.90. The Morgan fingerprint density at radius 1 is 1.42 bits per heavy atom. The van der Waals surface area contributed by atoms with Gasteiger partial charge in [-0.25, -0.2) is 10.4 Å². The SMILES string of the molecule is Cc1ccsc1/C=N\NC(=O)Cn1cnc2sc3c(c2c1=O)CCCC3. The number of thiophene rings is 2. The van der Waals surface area contributed by atoms with E-state index in [0.717, 1.165) is 46.5 Å². The van der Waals surface area contributed by atoms with E-state index >= 15 is 0 Å². The van der Waals surface area contributed by atoms with Gasteiger partial charge in [0, 0.05) is 9.75 Å². The predicted molar refractivity (Wildman–Crippen MR) is 105 cm³/mol. The fourth-order valence-electron chi connectivity index (χ4n) is 3.16. The number of carbonyl (C=O) groups excluding carboxylic acids is 1. The molecule has 0 aromatic carbocycles. The molecule has 0 bridgehead atoms. The molecule has 0 fully saturated rings. The van der Waals surface area contributed by atoms with Gasteiger partial charge in [-0.2, -0.15) is 5.10 Å². The quantitative estimate of drug-likeness (QED) is 0.553. The summed E-state index contributed by atoms with van der Waals surface area (Å²) in [5.74, 6) is -0.345. The Kier molecular flexibility index (Phi) is 4.69. The molecule has 6 nitrogen and oxygen atoms in total. The molecule has 0 spiro atoms. The van der Waals surface area contributed by atoms with Gasteiger partial charge in [0.05, 0.1) is 17.9 Å². The number of fused-ring (bicyclic) bond motifs is 3. The number of amides is 1. The van der Waals surface area contributed by atoms with Gasteiger partial charge in [0.1, 0.15) is 11.4 Å². The largest absolute Gasteiger partial charge is 0.289 e. The lowest BCUT2D eigenvalue weighted by atomic mass is 9.97. The third-order valence-electron chi connectivity index (χ3n) is 4.53. The average molecular weight is 387 g/mol. The monoisotopic (exact) mass is 386 g/mol. The van der Waals surface area contributed by atoms with Crippen molar-refractivity contribution in [3.05, 3.63) is 49.0 Å². The molecule has 3 heterocycles. The topological polar surface area (TPSA) is 76.3 Å². The number of aromatic nitrogens is 2. The fourth-order valence-corrected chi connectivity index (χ4v) is 5.17. The lowest BCUT2D eigenvalue weighted by Crippen LogP contribution is -2.30. The molecule has 1 amide bonds. The van der Waals surface area contributed by atoms with Gasteiger partial charge in [0.25, 0.3) is 11.5 Å². The molecule has 4 rings (SSSR count). The molecule has 3 aromatic rings. The van der Waals surface area contributed by atoms with Crippen molar-refractivity contribution >= 4 is 45.0 Å². The summed E-state index contributed by atoms with van der Waals surface area (Å²) in [6, 6.07) is 2.00. The summed E-state index contributed by atoms with van der Waals surface area (Å²) in [5, 5.41) is 6.64. The maximum absolute atomic E-state index is 12.8. The number of nitrogens with zero attached hydrogens (tertiary/aromatic N) is 3. The van der Waals surface area contributed by atoms with Crippen molar-refractivity contribution in [2.24, 2.45) is 5.10 Å². The lowest BCUT2D eigenvalue weighted by molar-refractivity contribution is -0.121. The summed E-state index contributed by atoms with van der Waals surface area (Å²) in [4.78, 5) is 32.4. The maximum atomic E-state index is 12.8. The van der Waals surface area contributed by atoms with Crippen LogP contribution in [-0.4, -0.2) is 21.7 Å². The van der Waals surface area contributed by atoms with Crippen LogP contribution in [0.5, 0.6) is 0 Å². The van der Waals surface area contributed by atoms with E-state index in [4.69, 9.17) is 0 Å². The second-order valence-electron chi connectivity index (χ2n) is 6.33. The number of hydrazone groups is 1. The molecule has 0 radical (unpaired) electrons. The zero-order chi connectivity index (χ0) is 18.1. The first-order chi connectivity index (χ1) is 12.6. The Hall–Kier alpha value is -2.32. The highest BCUT2D eigenvalue weighted by Crippen LogP contribution is 2.33. The number of hydrogen-bond acceptors (Lipinski definition) is 6. The molecule has 0 saturated heterocycles. The van der Waals surface area contributed by atoms with E-state index in [-0.39, 0.29) is 18.0 Å². The van der Waals surface area contributed by atoms with E-state index < -0.39 is 0 Å². The minimum Gasteiger partial charge on any atom is -0.289 e. The highest BCUT2D eigenvalue weighted by Gasteiger charge is 2.20. The average Bonchev–Trinajstić information content (AvgIpc) is 3.21. The van der Waals surface area contributed by atoms with Crippen molar-refractivity contribution in [3.8, 4) is 0 Å². The molecule has 1 aliphatic carbocycles. The third kappa shape index (κ3) is 3.22. The van der Waals surface area contributed by atoms with Gasteiger partial charge in [0.15, 0.2) is 0 Å². The highest BCUT2D eigenvalue weighted by atomic mass is 32.1. The minimum atomic E-state index is -0.345. The van der Waals surface area contributed by atoms with Crippen molar-refractivity contribution in [2.75, 3.05) is 0 Å². The van der Waals surface area contributed by atoms with Crippen LogP contribution < -0.4 is 11.0 Å². The van der Waals surface area contributed by atoms with Crippen molar-refractivity contribution in [1.29, 1.82) is 0 Å². The van der Waals surface area contributed by atoms with Crippen LogP contribution in [0.3, 0.4) is 0 Å². The van der Waals surface area contributed by atoms with Crippen molar-refractivity contribution < 1.29 is 4.79 Å². The van der Waals surface area contributed by atoms with Crippen molar-refractivity contribution in [1.82, 2.24) is 15.0 Å². The Balaban J connectivity index is 1.53. The predicted octanol–water partition coefficient (Wildman–Crippen LogP) is 2.86. The number of aryl methyl sites for hydroxylation is 3. The molecule has 1 N–H and O–H groups in total. The Morgan fingerprint density at radius 3 is 3.08 bits per heavy atom. The number of carbonyl (C=O) groups is 1. The second kappa shape index (κ2) is 7.13. The molecule has 26 heavy (non-hydrogen) atoms. The summed E-state index contributed by atoms with van der Waals surface area (Å²) in [5.41, 5.74) is 4.59. The normalized spacial score (nSPS) is 14.0. The van der Waals surface area contributed by atoms with E-state index in [1.54, 1.807) is 28.9 Å². The minimum absolute atomic E-state index is 0.0901. The van der Waals surface area contributed by atoms with Crippen LogP contribution in [0.25, 0.3) is 10.2 Å². The number of hydrogen-bond donors (Lipinski definition) is 1. The van der Waals surface area contributed by atoms with E-state index in [0.29, 0.717) is 5.39 Å². The first-order valence-electron chi connectivity index (χ1n) is 8.49. The second-order valence-corrected chi connectivity index (χ2v) is 8.36. The van der Waals surface area contributed by atoms with Gasteiger partial charge >= 0.3 is 0 Å². The maximum Gasteiger partial charge on any atom is 0.262 e. The fraction of sp³-hybridized carbons (Fsp3) is 0.333. The van der Waals surface area contributed by atoms with Crippen LogP contribution in [0.1, 0.15) is 33.7 Å².